The van der Waals surface area contributed by atoms with Crippen LogP contribution in [0.15, 0.2) is 58.5 Å². The minimum Gasteiger partial charge on any atom is -0.379 e. The number of aromatic nitrogens is 1. The summed E-state index contributed by atoms with van der Waals surface area (Å²) in [6.45, 7) is 2.95. The number of benzene rings is 1. The normalized spacial score (nSPS) is 17.5. The fourth-order valence-corrected chi connectivity index (χ4v) is 5.34. The Hall–Kier alpha value is -1.85. The number of sulfonamides is 2. The Bertz CT molecular complexity index is 971. The lowest BCUT2D eigenvalue weighted by Crippen LogP contribution is -2.40. The molecule has 1 saturated heterocycles. The molecule has 1 aliphatic rings. The Morgan fingerprint density at radius 1 is 1.00 bits per heavy atom. The first-order valence-electron chi connectivity index (χ1n) is 8.42. The zero-order valence-corrected chi connectivity index (χ0v) is 16.4. The largest absolute Gasteiger partial charge is 0.379 e. The Morgan fingerprint density at radius 2 is 1.63 bits per heavy atom. The molecule has 10 heteroatoms. The van der Waals surface area contributed by atoms with E-state index in [-0.39, 0.29) is 22.9 Å². The van der Waals surface area contributed by atoms with E-state index < -0.39 is 26.1 Å². The van der Waals surface area contributed by atoms with Crippen LogP contribution < -0.4 is 4.72 Å². The standard InChI is InChI=1S/C17H21N3O5S2/c1-14(17-4-2-3-9-18-17)19-26(21,22)15-5-7-16(8-6-15)27(23,24)20-10-12-25-13-11-20/h2-9,14,19H,10-13H2,1H3. The van der Waals surface area contributed by atoms with Crippen LogP contribution in [0, 0.1) is 0 Å². The molecule has 2 heterocycles. The van der Waals surface area contributed by atoms with Crippen molar-refractivity contribution in [2.75, 3.05) is 26.3 Å². The van der Waals surface area contributed by atoms with Crippen molar-refractivity contribution in [2.24, 2.45) is 0 Å². The zero-order valence-electron chi connectivity index (χ0n) is 14.8. The van der Waals surface area contributed by atoms with Crippen LogP contribution in [0.2, 0.25) is 0 Å². The van der Waals surface area contributed by atoms with E-state index in [1.54, 1.807) is 31.3 Å². The minimum atomic E-state index is -3.81. The van der Waals surface area contributed by atoms with Gasteiger partial charge in [0.2, 0.25) is 20.0 Å². The lowest BCUT2D eigenvalue weighted by molar-refractivity contribution is 0.0730. The summed E-state index contributed by atoms with van der Waals surface area (Å²) in [6.07, 6.45) is 1.59. The molecule has 0 aliphatic carbocycles. The van der Waals surface area contributed by atoms with Gasteiger partial charge in [0.25, 0.3) is 0 Å². The molecular formula is C17H21N3O5S2. The summed E-state index contributed by atoms with van der Waals surface area (Å²) >= 11 is 0. The summed E-state index contributed by atoms with van der Waals surface area (Å²) in [5.74, 6) is 0. The van der Waals surface area contributed by atoms with E-state index in [0.29, 0.717) is 18.9 Å². The first kappa shape index (κ1) is 19.9. The number of nitrogens with one attached hydrogen (secondary N) is 1. The topological polar surface area (TPSA) is 106 Å². The van der Waals surface area contributed by atoms with Crippen LogP contribution in [0.3, 0.4) is 0 Å². The van der Waals surface area contributed by atoms with Crippen molar-refractivity contribution in [3.8, 4) is 0 Å². The molecule has 1 N–H and O–H groups in total. The quantitative estimate of drug-likeness (QED) is 0.764. The predicted octanol–water partition coefficient (Wildman–Crippen LogP) is 1.14. The molecule has 3 rings (SSSR count). The van der Waals surface area contributed by atoms with Crippen molar-refractivity contribution in [1.29, 1.82) is 0 Å². The first-order valence-corrected chi connectivity index (χ1v) is 11.3. The molecule has 0 bridgehead atoms. The number of hydrogen-bond donors (Lipinski definition) is 1. The third kappa shape index (κ3) is 4.53. The smallest absolute Gasteiger partial charge is 0.243 e. The SMILES string of the molecule is CC(NS(=O)(=O)c1ccc(S(=O)(=O)N2CCOCC2)cc1)c1ccccn1. The van der Waals surface area contributed by atoms with Crippen molar-refractivity contribution in [3.05, 3.63) is 54.4 Å². The van der Waals surface area contributed by atoms with Crippen molar-refractivity contribution in [1.82, 2.24) is 14.0 Å². The van der Waals surface area contributed by atoms with Gasteiger partial charge in [-0.25, -0.2) is 21.6 Å². The zero-order chi connectivity index (χ0) is 19.5. The number of rotatable bonds is 6. The van der Waals surface area contributed by atoms with E-state index in [4.69, 9.17) is 4.74 Å². The van der Waals surface area contributed by atoms with Gasteiger partial charge in [-0.05, 0) is 43.3 Å². The van der Waals surface area contributed by atoms with Crippen molar-refractivity contribution < 1.29 is 21.6 Å². The summed E-state index contributed by atoms with van der Waals surface area (Å²) in [6, 6.07) is 9.94. The highest BCUT2D eigenvalue weighted by Crippen LogP contribution is 2.20. The van der Waals surface area contributed by atoms with E-state index in [2.05, 4.69) is 9.71 Å². The summed E-state index contributed by atoms with van der Waals surface area (Å²) in [7, 11) is -7.48. The van der Waals surface area contributed by atoms with Crippen LogP contribution in [0.5, 0.6) is 0 Å². The molecule has 0 radical (unpaired) electrons. The van der Waals surface area contributed by atoms with E-state index in [0.717, 1.165) is 0 Å². The van der Waals surface area contributed by atoms with Crippen LogP contribution in [-0.2, 0) is 24.8 Å². The number of ether oxygens (including phenoxy) is 1. The van der Waals surface area contributed by atoms with Gasteiger partial charge in [-0.3, -0.25) is 4.98 Å². The van der Waals surface area contributed by atoms with E-state index >= 15 is 0 Å². The Morgan fingerprint density at radius 3 is 2.22 bits per heavy atom. The van der Waals surface area contributed by atoms with Crippen molar-refractivity contribution in [3.63, 3.8) is 0 Å². The van der Waals surface area contributed by atoms with Gasteiger partial charge in [0.1, 0.15) is 0 Å². The first-order chi connectivity index (χ1) is 12.8. The van der Waals surface area contributed by atoms with Gasteiger partial charge < -0.3 is 4.74 Å². The molecule has 27 heavy (non-hydrogen) atoms. The molecule has 0 spiro atoms. The molecule has 1 fully saturated rings. The molecule has 1 aromatic heterocycles. The van der Waals surface area contributed by atoms with Gasteiger partial charge in [-0.1, -0.05) is 6.07 Å². The average molecular weight is 412 g/mol. The Labute approximate surface area is 159 Å². The number of morpholine rings is 1. The monoisotopic (exact) mass is 411 g/mol. The van der Waals surface area contributed by atoms with Crippen LogP contribution in [0.4, 0.5) is 0 Å². The van der Waals surface area contributed by atoms with E-state index in [9.17, 15) is 16.8 Å². The van der Waals surface area contributed by atoms with Gasteiger partial charge in [-0.2, -0.15) is 4.31 Å². The molecule has 2 aromatic rings. The third-order valence-corrected chi connectivity index (χ3v) is 7.67. The van der Waals surface area contributed by atoms with E-state index in [1.807, 2.05) is 0 Å². The van der Waals surface area contributed by atoms with Crippen LogP contribution in [0.1, 0.15) is 18.7 Å². The fraction of sp³-hybridized carbons (Fsp3) is 0.353. The maximum Gasteiger partial charge on any atom is 0.243 e. The van der Waals surface area contributed by atoms with Crippen LogP contribution in [-0.4, -0.2) is 52.4 Å². The number of pyridine rings is 1. The molecule has 1 aliphatic heterocycles. The maximum absolute atomic E-state index is 12.6. The molecular weight excluding hydrogens is 390 g/mol. The second kappa shape index (κ2) is 8.03. The maximum atomic E-state index is 12.6. The predicted molar refractivity (Wildman–Crippen MR) is 99.0 cm³/mol. The van der Waals surface area contributed by atoms with Gasteiger partial charge >= 0.3 is 0 Å². The molecule has 1 atom stereocenters. The summed E-state index contributed by atoms with van der Waals surface area (Å²) < 4.78 is 59.4. The van der Waals surface area contributed by atoms with Crippen LogP contribution in [0.25, 0.3) is 0 Å². The van der Waals surface area contributed by atoms with Gasteiger partial charge in [0, 0.05) is 19.3 Å². The van der Waals surface area contributed by atoms with Gasteiger partial charge in [-0.15, -0.1) is 0 Å². The van der Waals surface area contributed by atoms with Crippen molar-refractivity contribution in [2.45, 2.75) is 22.8 Å². The molecule has 0 saturated carbocycles. The number of nitrogens with zero attached hydrogens (tertiary/aromatic N) is 2. The number of hydrogen-bond acceptors (Lipinski definition) is 6. The van der Waals surface area contributed by atoms with Crippen molar-refractivity contribution >= 4 is 20.0 Å². The Kier molecular flexibility index (Phi) is 5.92. The summed E-state index contributed by atoms with van der Waals surface area (Å²) in [5.41, 5.74) is 0.590. The molecule has 146 valence electrons. The second-order valence-electron chi connectivity index (χ2n) is 6.09. The molecule has 1 aromatic carbocycles. The molecule has 1 unspecified atom stereocenters. The van der Waals surface area contributed by atoms with Gasteiger partial charge in [0.05, 0.1) is 34.7 Å². The second-order valence-corrected chi connectivity index (χ2v) is 9.74. The highest BCUT2D eigenvalue weighted by Gasteiger charge is 2.27. The summed E-state index contributed by atoms with van der Waals surface area (Å²) in [4.78, 5) is 4.18. The Balaban J connectivity index is 1.78. The van der Waals surface area contributed by atoms with Crippen LogP contribution >= 0.6 is 0 Å². The lowest BCUT2D eigenvalue weighted by Gasteiger charge is -2.26. The fourth-order valence-electron chi connectivity index (χ4n) is 2.72. The van der Waals surface area contributed by atoms with Gasteiger partial charge in [0.15, 0.2) is 0 Å². The lowest BCUT2D eigenvalue weighted by atomic mass is 10.2. The molecule has 0 amide bonds. The average Bonchev–Trinajstić information content (AvgIpc) is 2.69. The minimum absolute atomic E-state index is 0.00814. The highest BCUT2D eigenvalue weighted by molar-refractivity contribution is 7.89. The highest BCUT2D eigenvalue weighted by atomic mass is 32.2. The summed E-state index contributed by atoms with van der Waals surface area (Å²) in [5, 5.41) is 0. The molecule has 8 nitrogen and oxygen atoms in total. The third-order valence-electron chi connectivity index (χ3n) is 4.21. The van der Waals surface area contributed by atoms with E-state index in [1.165, 1.54) is 28.6 Å².